The van der Waals surface area contributed by atoms with Gasteiger partial charge < -0.3 is 10.4 Å². The van der Waals surface area contributed by atoms with Crippen LogP contribution in [-0.4, -0.2) is 47.7 Å². The van der Waals surface area contributed by atoms with E-state index in [0.717, 1.165) is 25.9 Å². The van der Waals surface area contributed by atoms with Gasteiger partial charge in [0, 0.05) is 25.6 Å². The van der Waals surface area contributed by atoms with Crippen molar-refractivity contribution >= 4 is 5.91 Å². The van der Waals surface area contributed by atoms with E-state index in [1.807, 2.05) is 13.8 Å². The number of carbonyl (C=O) groups excluding carboxylic acids is 1. The summed E-state index contributed by atoms with van der Waals surface area (Å²) in [5, 5.41) is 12.2. The van der Waals surface area contributed by atoms with Crippen molar-refractivity contribution in [1.29, 1.82) is 0 Å². The largest absolute Gasteiger partial charge is 0.393 e. The second-order valence-corrected chi connectivity index (χ2v) is 4.62. The molecule has 4 heteroatoms. The number of carbonyl (C=O) groups is 1. The lowest BCUT2D eigenvalue weighted by Crippen LogP contribution is -2.35. The fraction of sp³-hybridized carbons (Fsp3) is 0.917. The highest BCUT2D eigenvalue weighted by Crippen LogP contribution is 2.21. The van der Waals surface area contributed by atoms with Crippen molar-refractivity contribution in [3.8, 4) is 0 Å². The lowest BCUT2D eigenvalue weighted by molar-refractivity contribution is -0.121. The van der Waals surface area contributed by atoms with E-state index in [4.69, 9.17) is 0 Å². The van der Waals surface area contributed by atoms with E-state index in [-0.39, 0.29) is 12.0 Å². The SMILES string of the molecule is CCNC(=O)CCN1CCCC1CC(C)O. The summed E-state index contributed by atoms with van der Waals surface area (Å²) in [6.07, 6.45) is 3.50. The van der Waals surface area contributed by atoms with E-state index < -0.39 is 0 Å². The zero-order valence-corrected chi connectivity index (χ0v) is 10.4. The summed E-state index contributed by atoms with van der Waals surface area (Å²) in [5.74, 6) is 0.130. The van der Waals surface area contributed by atoms with Crippen LogP contribution < -0.4 is 5.32 Å². The summed E-state index contributed by atoms with van der Waals surface area (Å²) >= 11 is 0. The number of aliphatic hydroxyl groups is 1. The Hall–Kier alpha value is -0.610. The van der Waals surface area contributed by atoms with Crippen LogP contribution in [0.5, 0.6) is 0 Å². The maximum Gasteiger partial charge on any atom is 0.221 e. The second-order valence-electron chi connectivity index (χ2n) is 4.62. The van der Waals surface area contributed by atoms with E-state index in [2.05, 4.69) is 10.2 Å². The first-order chi connectivity index (χ1) is 7.63. The highest BCUT2D eigenvalue weighted by Gasteiger charge is 2.25. The van der Waals surface area contributed by atoms with Gasteiger partial charge in [-0.15, -0.1) is 0 Å². The molecule has 1 fully saturated rings. The Morgan fingerprint density at radius 3 is 3.00 bits per heavy atom. The molecule has 1 aliphatic rings. The van der Waals surface area contributed by atoms with Crippen LogP contribution >= 0.6 is 0 Å². The molecular formula is C12H24N2O2. The van der Waals surface area contributed by atoms with Gasteiger partial charge in [-0.1, -0.05) is 0 Å². The molecule has 2 atom stereocenters. The third-order valence-electron chi connectivity index (χ3n) is 3.11. The van der Waals surface area contributed by atoms with Gasteiger partial charge in [0.05, 0.1) is 6.10 Å². The van der Waals surface area contributed by atoms with Crippen molar-refractivity contribution < 1.29 is 9.90 Å². The number of nitrogens with one attached hydrogen (secondary N) is 1. The van der Waals surface area contributed by atoms with Gasteiger partial charge >= 0.3 is 0 Å². The van der Waals surface area contributed by atoms with E-state index in [9.17, 15) is 9.90 Å². The highest BCUT2D eigenvalue weighted by atomic mass is 16.3. The van der Waals surface area contributed by atoms with E-state index in [1.165, 1.54) is 6.42 Å². The molecule has 16 heavy (non-hydrogen) atoms. The number of nitrogens with zero attached hydrogens (tertiary/aromatic N) is 1. The van der Waals surface area contributed by atoms with Crippen molar-refractivity contribution in [2.45, 2.75) is 51.7 Å². The van der Waals surface area contributed by atoms with Crippen LogP contribution in [0.4, 0.5) is 0 Å². The first kappa shape index (κ1) is 13.5. The molecule has 0 spiro atoms. The Kier molecular flexibility index (Phi) is 5.77. The normalized spacial score (nSPS) is 23.3. The molecule has 0 radical (unpaired) electrons. The molecule has 2 unspecified atom stereocenters. The molecule has 4 nitrogen and oxygen atoms in total. The standard InChI is InChI=1S/C12H24N2O2/c1-3-13-12(16)6-8-14-7-4-5-11(14)9-10(2)15/h10-11,15H,3-9H2,1-2H3,(H,13,16). The minimum absolute atomic E-state index is 0.130. The summed E-state index contributed by atoms with van der Waals surface area (Å²) in [7, 11) is 0. The fourth-order valence-electron chi connectivity index (χ4n) is 2.38. The number of hydrogen-bond acceptors (Lipinski definition) is 3. The molecule has 1 amide bonds. The molecule has 0 aliphatic carbocycles. The third kappa shape index (κ3) is 4.49. The molecule has 0 saturated carbocycles. The molecule has 1 rings (SSSR count). The maximum absolute atomic E-state index is 11.3. The topological polar surface area (TPSA) is 52.6 Å². The Labute approximate surface area is 98.0 Å². The number of rotatable bonds is 6. The Morgan fingerprint density at radius 2 is 2.38 bits per heavy atom. The number of amides is 1. The summed E-state index contributed by atoms with van der Waals surface area (Å²) in [6, 6.07) is 0.467. The van der Waals surface area contributed by atoms with Gasteiger partial charge in [-0.05, 0) is 39.7 Å². The van der Waals surface area contributed by atoms with Gasteiger partial charge in [-0.2, -0.15) is 0 Å². The first-order valence-electron chi connectivity index (χ1n) is 6.32. The van der Waals surface area contributed by atoms with Gasteiger partial charge in [0.1, 0.15) is 0 Å². The molecule has 0 aromatic carbocycles. The minimum atomic E-state index is -0.241. The van der Waals surface area contributed by atoms with Crippen molar-refractivity contribution in [3.05, 3.63) is 0 Å². The van der Waals surface area contributed by atoms with E-state index in [1.54, 1.807) is 0 Å². The van der Waals surface area contributed by atoms with Gasteiger partial charge in [0.15, 0.2) is 0 Å². The van der Waals surface area contributed by atoms with Crippen molar-refractivity contribution in [3.63, 3.8) is 0 Å². The summed E-state index contributed by atoms with van der Waals surface area (Å²) in [6.45, 7) is 6.36. The first-order valence-corrected chi connectivity index (χ1v) is 6.32. The van der Waals surface area contributed by atoms with Crippen LogP contribution in [0.3, 0.4) is 0 Å². The van der Waals surface area contributed by atoms with Gasteiger partial charge in [0.25, 0.3) is 0 Å². The van der Waals surface area contributed by atoms with Crippen LogP contribution in [0.15, 0.2) is 0 Å². The van der Waals surface area contributed by atoms with Crippen LogP contribution in [0.1, 0.15) is 39.5 Å². The van der Waals surface area contributed by atoms with Crippen LogP contribution in [0.25, 0.3) is 0 Å². The highest BCUT2D eigenvalue weighted by molar-refractivity contribution is 5.75. The average molecular weight is 228 g/mol. The average Bonchev–Trinajstić information content (AvgIpc) is 2.62. The molecule has 1 aliphatic heterocycles. The predicted octanol–water partition coefficient (Wildman–Crippen LogP) is 0.748. The van der Waals surface area contributed by atoms with Crippen molar-refractivity contribution in [2.75, 3.05) is 19.6 Å². The van der Waals surface area contributed by atoms with Gasteiger partial charge in [-0.25, -0.2) is 0 Å². The molecule has 2 N–H and O–H groups in total. The van der Waals surface area contributed by atoms with Gasteiger partial charge in [0.2, 0.25) is 5.91 Å². The zero-order chi connectivity index (χ0) is 12.0. The second kappa shape index (κ2) is 6.86. The number of hydrogen-bond donors (Lipinski definition) is 2. The molecular weight excluding hydrogens is 204 g/mol. The summed E-state index contributed by atoms with van der Waals surface area (Å²) < 4.78 is 0. The quantitative estimate of drug-likeness (QED) is 0.705. The van der Waals surface area contributed by atoms with Crippen molar-refractivity contribution in [2.24, 2.45) is 0 Å². The minimum Gasteiger partial charge on any atom is -0.393 e. The fourth-order valence-corrected chi connectivity index (χ4v) is 2.38. The zero-order valence-electron chi connectivity index (χ0n) is 10.4. The summed E-state index contributed by atoms with van der Waals surface area (Å²) in [5.41, 5.74) is 0. The monoisotopic (exact) mass is 228 g/mol. The van der Waals surface area contributed by atoms with Gasteiger partial charge in [-0.3, -0.25) is 9.69 Å². The number of likely N-dealkylation sites (tertiary alicyclic amines) is 1. The molecule has 94 valence electrons. The van der Waals surface area contributed by atoms with E-state index in [0.29, 0.717) is 19.0 Å². The molecule has 1 saturated heterocycles. The Balaban J connectivity index is 2.27. The molecule has 0 aromatic rings. The third-order valence-corrected chi connectivity index (χ3v) is 3.11. The Morgan fingerprint density at radius 1 is 1.62 bits per heavy atom. The molecule has 0 aromatic heterocycles. The smallest absolute Gasteiger partial charge is 0.221 e. The Bertz CT molecular complexity index is 219. The summed E-state index contributed by atoms with van der Waals surface area (Å²) in [4.78, 5) is 13.7. The van der Waals surface area contributed by atoms with E-state index >= 15 is 0 Å². The number of aliphatic hydroxyl groups excluding tert-OH is 1. The van der Waals surface area contributed by atoms with Crippen LogP contribution in [0.2, 0.25) is 0 Å². The molecule has 1 heterocycles. The lowest BCUT2D eigenvalue weighted by Gasteiger charge is -2.25. The lowest BCUT2D eigenvalue weighted by atomic mass is 10.1. The van der Waals surface area contributed by atoms with Crippen LogP contribution in [-0.2, 0) is 4.79 Å². The van der Waals surface area contributed by atoms with Crippen molar-refractivity contribution in [1.82, 2.24) is 10.2 Å². The van der Waals surface area contributed by atoms with Crippen LogP contribution in [0, 0.1) is 0 Å². The predicted molar refractivity (Wildman–Crippen MR) is 64.2 cm³/mol. The maximum atomic E-state index is 11.3. The molecule has 0 bridgehead atoms.